The third kappa shape index (κ3) is 3.79. The standard InChI is InChI=1S/C24H26N4O3S/c1-18-8-10-21(11-9-18)32(29,30)31-24-15-14-20(27(24)2)16-28(17-24)23-13-12-22(25-26-23)19-6-4-3-5-7-19/h3-13,20H,14-17H2,1-2H3. The molecule has 3 heterocycles. The van der Waals surface area contributed by atoms with Gasteiger partial charge >= 0.3 is 0 Å². The largest absolute Gasteiger partial charge is 0.349 e. The summed E-state index contributed by atoms with van der Waals surface area (Å²) < 4.78 is 32.1. The smallest absolute Gasteiger partial charge is 0.298 e. The van der Waals surface area contributed by atoms with Crippen LogP contribution in [0.15, 0.2) is 71.6 Å². The van der Waals surface area contributed by atoms with Crippen LogP contribution in [0.2, 0.25) is 0 Å². The molecule has 2 aliphatic heterocycles. The first-order valence-corrected chi connectivity index (χ1v) is 12.2. The van der Waals surface area contributed by atoms with Gasteiger partial charge in [-0.05, 0) is 51.1 Å². The summed E-state index contributed by atoms with van der Waals surface area (Å²) in [6, 6.07) is 20.8. The molecule has 2 atom stereocenters. The second-order valence-electron chi connectivity index (χ2n) is 8.62. The van der Waals surface area contributed by atoms with Crippen LogP contribution in [-0.4, -0.2) is 55.4 Å². The van der Waals surface area contributed by atoms with E-state index in [0.29, 0.717) is 13.0 Å². The molecule has 2 bridgehead atoms. The molecule has 1 aromatic heterocycles. The highest BCUT2D eigenvalue weighted by Crippen LogP contribution is 2.41. The van der Waals surface area contributed by atoms with Gasteiger partial charge in [0, 0.05) is 18.2 Å². The van der Waals surface area contributed by atoms with Crippen molar-refractivity contribution < 1.29 is 12.6 Å². The molecule has 2 unspecified atom stereocenters. The molecule has 2 aromatic carbocycles. The topological polar surface area (TPSA) is 75.6 Å². The minimum absolute atomic E-state index is 0.179. The molecule has 0 aliphatic carbocycles. The van der Waals surface area contributed by atoms with Gasteiger partial charge in [0.25, 0.3) is 10.1 Å². The summed E-state index contributed by atoms with van der Waals surface area (Å²) in [6.07, 6.45) is 1.51. The molecule has 0 amide bonds. The van der Waals surface area contributed by atoms with Crippen LogP contribution in [0.25, 0.3) is 11.3 Å². The molecule has 0 saturated carbocycles. The first kappa shape index (κ1) is 21.1. The van der Waals surface area contributed by atoms with Crippen molar-refractivity contribution in [2.24, 2.45) is 0 Å². The SMILES string of the molecule is Cc1ccc(S(=O)(=O)OC23CCC(CN(c4ccc(-c5ccccc5)nn4)C2)N3C)cc1. The van der Waals surface area contributed by atoms with Gasteiger partial charge in [0.15, 0.2) is 11.5 Å². The van der Waals surface area contributed by atoms with Crippen molar-refractivity contribution in [3.05, 3.63) is 72.3 Å². The molecular weight excluding hydrogens is 424 g/mol. The molecule has 0 radical (unpaired) electrons. The number of benzene rings is 2. The summed E-state index contributed by atoms with van der Waals surface area (Å²) in [5.41, 5.74) is 1.89. The molecule has 2 saturated heterocycles. The monoisotopic (exact) mass is 450 g/mol. The molecule has 8 heteroatoms. The highest BCUT2D eigenvalue weighted by molar-refractivity contribution is 7.86. The Morgan fingerprint density at radius 2 is 1.75 bits per heavy atom. The molecular formula is C24H26N4O3S. The fourth-order valence-electron chi connectivity index (χ4n) is 4.63. The van der Waals surface area contributed by atoms with E-state index in [9.17, 15) is 8.42 Å². The lowest BCUT2D eigenvalue weighted by Crippen LogP contribution is -2.62. The molecule has 2 aliphatic rings. The maximum Gasteiger partial charge on any atom is 0.298 e. The van der Waals surface area contributed by atoms with Gasteiger partial charge in [0.2, 0.25) is 0 Å². The molecule has 2 fully saturated rings. The van der Waals surface area contributed by atoms with E-state index in [1.807, 2.05) is 56.4 Å². The van der Waals surface area contributed by atoms with Crippen LogP contribution in [0.3, 0.4) is 0 Å². The van der Waals surface area contributed by atoms with E-state index in [4.69, 9.17) is 4.18 Å². The highest BCUT2D eigenvalue weighted by Gasteiger charge is 2.53. The van der Waals surface area contributed by atoms with E-state index in [1.165, 1.54) is 0 Å². The Hall–Kier alpha value is -2.81. The fourth-order valence-corrected chi connectivity index (χ4v) is 5.86. The van der Waals surface area contributed by atoms with Crippen molar-refractivity contribution in [2.45, 2.75) is 36.4 Å². The third-order valence-corrected chi connectivity index (χ3v) is 7.93. The van der Waals surface area contributed by atoms with Crippen LogP contribution < -0.4 is 4.90 Å². The molecule has 3 aromatic rings. The number of fused-ring (bicyclic) bond motifs is 2. The fraction of sp³-hybridized carbons (Fsp3) is 0.333. The second kappa shape index (κ2) is 7.95. The minimum atomic E-state index is -3.91. The number of rotatable bonds is 5. The van der Waals surface area contributed by atoms with Gasteiger partial charge in [-0.25, -0.2) is 4.18 Å². The van der Waals surface area contributed by atoms with Gasteiger partial charge in [0.1, 0.15) is 0 Å². The van der Waals surface area contributed by atoms with Crippen LogP contribution in [0.1, 0.15) is 18.4 Å². The predicted molar refractivity (Wildman–Crippen MR) is 123 cm³/mol. The quantitative estimate of drug-likeness (QED) is 0.551. The van der Waals surface area contributed by atoms with Crippen molar-refractivity contribution >= 4 is 15.9 Å². The zero-order valence-electron chi connectivity index (χ0n) is 18.2. The van der Waals surface area contributed by atoms with Crippen LogP contribution in [0.4, 0.5) is 5.82 Å². The lowest BCUT2D eigenvalue weighted by atomic mass is 10.1. The average Bonchev–Trinajstić information content (AvgIpc) is 2.97. The van der Waals surface area contributed by atoms with Gasteiger partial charge in [-0.15, -0.1) is 10.2 Å². The number of piperazine rings is 1. The van der Waals surface area contributed by atoms with Crippen LogP contribution in [-0.2, 0) is 14.3 Å². The van der Waals surface area contributed by atoms with E-state index < -0.39 is 15.8 Å². The summed E-state index contributed by atoms with van der Waals surface area (Å²) in [6.45, 7) is 3.09. The summed E-state index contributed by atoms with van der Waals surface area (Å²) in [4.78, 5) is 4.34. The van der Waals surface area contributed by atoms with Crippen LogP contribution >= 0.6 is 0 Å². The van der Waals surface area contributed by atoms with E-state index in [-0.39, 0.29) is 10.9 Å². The molecule has 0 N–H and O–H groups in total. The number of hydrogen-bond acceptors (Lipinski definition) is 7. The maximum absolute atomic E-state index is 13.1. The summed E-state index contributed by atoms with van der Waals surface area (Å²) in [5, 5.41) is 8.85. The van der Waals surface area contributed by atoms with Gasteiger partial charge < -0.3 is 4.90 Å². The van der Waals surface area contributed by atoms with E-state index in [1.54, 1.807) is 24.3 Å². The zero-order valence-corrected chi connectivity index (χ0v) is 19.0. The Kier molecular flexibility index (Phi) is 5.23. The Balaban J connectivity index is 1.40. The van der Waals surface area contributed by atoms with Crippen LogP contribution in [0.5, 0.6) is 0 Å². The average molecular weight is 451 g/mol. The lowest BCUT2D eigenvalue weighted by Gasteiger charge is -2.46. The van der Waals surface area contributed by atoms with Gasteiger partial charge in [-0.1, -0.05) is 48.0 Å². The Labute approximate surface area is 188 Å². The molecule has 5 rings (SSSR count). The number of aryl methyl sites for hydroxylation is 1. The second-order valence-corrected chi connectivity index (χ2v) is 10.2. The Bertz CT molecular complexity index is 1200. The lowest BCUT2D eigenvalue weighted by molar-refractivity contribution is -0.0571. The number of nitrogens with zero attached hydrogens (tertiary/aromatic N) is 4. The Morgan fingerprint density at radius 3 is 2.44 bits per heavy atom. The first-order valence-electron chi connectivity index (χ1n) is 10.8. The molecule has 0 spiro atoms. The maximum atomic E-state index is 13.1. The van der Waals surface area contributed by atoms with E-state index >= 15 is 0 Å². The summed E-state index contributed by atoms with van der Waals surface area (Å²) in [5.74, 6) is 0.727. The molecule has 32 heavy (non-hydrogen) atoms. The van der Waals surface area contributed by atoms with E-state index in [0.717, 1.165) is 35.6 Å². The minimum Gasteiger partial charge on any atom is -0.349 e. The normalized spacial score (nSPS) is 23.4. The summed E-state index contributed by atoms with van der Waals surface area (Å²) >= 11 is 0. The molecule has 7 nitrogen and oxygen atoms in total. The third-order valence-electron chi connectivity index (χ3n) is 6.55. The van der Waals surface area contributed by atoms with Crippen molar-refractivity contribution in [1.29, 1.82) is 0 Å². The number of anilines is 1. The number of likely N-dealkylation sites (N-methyl/N-ethyl adjacent to an activating group) is 1. The molecule has 166 valence electrons. The first-order chi connectivity index (χ1) is 15.4. The van der Waals surface area contributed by atoms with Crippen molar-refractivity contribution in [2.75, 3.05) is 25.0 Å². The van der Waals surface area contributed by atoms with Crippen molar-refractivity contribution in [3.8, 4) is 11.3 Å². The predicted octanol–water partition coefficient (Wildman–Crippen LogP) is 3.47. The van der Waals surface area contributed by atoms with Gasteiger partial charge in [-0.3, -0.25) is 4.90 Å². The Morgan fingerprint density at radius 1 is 1.00 bits per heavy atom. The summed E-state index contributed by atoms with van der Waals surface area (Å²) in [7, 11) is -1.96. The van der Waals surface area contributed by atoms with E-state index in [2.05, 4.69) is 20.0 Å². The number of aromatic nitrogens is 2. The zero-order chi connectivity index (χ0) is 22.3. The van der Waals surface area contributed by atoms with Crippen LogP contribution in [0, 0.1) is 6.92 Å². The number of hydrogen-bond donors (Lipinski definition) is 0. The highest BCUT2D eigenvalue weighted by atomic mass is 32.2. The van der Waals surface area contributed by atoms with Crippen molar-refractivity contribution in [1.82, 2.24) is 15.1 Å². The van der Waals surface area contributed by atoms with Gasteiger partial charge in [-0.2, -0.15) is 8.42 Å². The van der Waals surface area contributed by atoms with Gasteiger partial charge in [0.05, 0.1) is 17.1 Å². The van der Waals surface area contributed by atoms with Crippen molar-refractivity contribution in [3.63, 3.8) is 0 Å².